The first kappa shape index (κ1) is 13.8. The predicted octanol–water partition coefficient (Wildman–Crippen LogP) is 0.452. The number of likely N-dealkylation sites (tertiary alicyclic amines) is 1. The van der Waals surface area contributed by atoms with Crippen LogP contribution in [0.1, 0.15) is 25.7 Å². The smallest absolute Gasteiger partial charge is 0.0120 e. The molecule has 3 rings (SSSR count). The summed E-state index contributed by atoms with van der Waals surface area (Å²) in [5.41, 5.74) is 0. The minimum absolute atomic E-state index is 0.863. The second kappa shape index (κ2) is 7.02. The second-order valence-electron chi connectivity index (χ2n) is 6.41. The van der Waals surface area contributed by atoms with Gasteiger partial charge in [-0.25, -0.2) is 0 Å². The number of nitrogens with zero attached hydrogens (tertiary/aromatic N) is 3. The topological polar surface area (TPSA) is 21.8 Å². The predicted molar refractivity (Wildman–Crippen MR) is 79.6 cm³/mol. The van der Waals surface area contributed by atoms with E-state index in [0.29, 0.717) is 0 Å². The van der Waals surface area contributed by atoms with Crippen molar-refractivity contribution in [3.8, 4) is 0 Å². The van der Waals surface area contributed by atoms with Crippen molar-refractivity contribution in [3.05, 3.63) is 0 Å². The molecular formula is C15H30N4. The molecule has 3 heterocycles. The van der Waals surface area contributed by atoms with Crippen molar-refractivity contribution in [1.29, 1.82) is 0 Å². The Morgan fingerprint density at radius 3 is 1.95 bits per heavy atom. The highest BCUT2D eigenvalue weighted by Gasteiger charge is 2.25. The lowest BCUT2D eigenvalue weighted by Crippen LogP contribution is -2.53. The number of hydrogen-bond acceptors (Lipinski definition) is 4. The minimum atomic E-state index is 0.863. The molecule has 3 aliphatic rings. The lowest BCUT2D eigenvalue weighted by atomic mass is 10.0. The summed E-state index contributed by atoms with van der Waals surface area (Å²) in [6.45, 7) is 12.9. The van der Waals surface area contributed by atoms with Crippen LogP contribution in [0.4, 0.5) is 0 Å². The van der Waals surface area contributed by atoms with E-state index in [9.17, 15) is 0 Å². The molecule has 0 bridgehead atoms. The molecule has 0 saturated carbocycles. The minimum Gasteiger partial charge on any atom is -0.317 e. The number of nitrogens with one attached hydrogen (secondary N) is 1. The highest BCUT2D eigenvalue weighted by Crippen LogP contribution is 2.14. The molecule has 0 aromatic rings. The van der Waals surface area contributed by atoms with Crippen molar-refractivity contribution >= 4 is 0 Å². The summed E-state index contributed by atoms with van der Waals surface area (Å²) in [5.74, 6) is 0. The molecule has 0 aromatic heterocycles. The number of piperidine rings is 1. The van der Waals surface area contributed by atoms with Crippen LogP contribution in [-0.4, -0.2) is 86.2 Å². The molecule has 1 N–H and O–H groups in total. The van der Waals surface area contributed by atoms with E-state index in [1.807, 2.05) is 0 Å². The van der Waals surface area contributed by atoms with Crippen molar-refractivity contribution in [2.45, 2.75) is 31.7 Å². The second-order valence-corrected chi connectivity index (χ2v) is 6.41. The van der Waals surface area contributed by atoms with Gasteiger partial charge in [0.1, 0.15) is 0 Å². The van der Waals surface area contributed by atoms with Gasteiger partial charge in [0.2, 0.25) is 0 Å². The van der Waals surface area contributed by atoms with Gasteiger partial charge in [0.05, 0.1) is 0 Å². The van der Waals surface area contributed by atoms with Gasteiger partial charge in [-0.05, 0) is 51.9 Å². The standard InChI is InChI=1S/C15H30N4/c1-2-8-17(7-1)9-10-18-11-13-19(14-12-18)15-3-5-16-6-4-15/h15-16H,1-14H2. The molecule has 0 aromatic carbocycles. The maximum atomic E-state index is 3.47. The van der Waals surface area contributed by atoms with E-state index in [0.717, 1.165) is 6.04 Å². The van der Waals surface area contributed by atoms with E-state index in [2.05, 4.69) is 20.0 Å². The Hall–Kier alpha value is -0.160. The Kier molecular flexibility index (Phi) is 5.10. The van der Waals surface area contributed by atoms with E-state index in [1.165, 1.54) is 91.1 Å². The van der Waals surface area contributed by atoms with Gasteiger partial charge in [-0.3, -0.25) is 9.80 Å². The van der Waals surface area contributed by atoms with Crippen LogP contribution < -0.4 is 5.32 Å². The molecular weight excluding hydrogens is 236 g/mol. The normalized spacial score (nSPS) is 29.1. The highest BCUT2D eigenvalue weighted by atomic mass is 15.3. The zero-order valence-electron chi connectivity index (χ0n) is 12.3. The van der Waals surface area contributed by atoms with Crippen molar-refractivity contribution in [1.82, 2.24) is 20.0 Å². The van der Waals surface area contributed by atoms with Crippen LogP contribution in [0.5, 0.6) is 0 Å². The summed E-state index contributed by atoms with van der Waals surface area (Å²) in [6, 6.07) is 0.863. The molecule has 0 amide bonds. The van der Waals surface area contributed by atoms with Crippen molar-refractivity contribution in [3.63, 3.8) is 0 Å². The molecule has 0 unspecified atom stereocenters. The van der Waals surface area contributed by atoms with Gasteiger partial charge < -0.3 is 10.2 Å². The van der Waals surface area contributed by atoms with Crippen molar-refractivity contribution in [2.75, 3.05) is 65.4 Å². The molecule has 3 saturated heterocycles. The average molecular weight is 266 g/mol. The Bertz CT molecular complexity index is 251. The Morgan fingerprint density at radius 1 is 0.737 bits per heavy atom. The number of hydrogen-bond donors (Lipinski definition) is 1. The maximum Gasteiger partial charge on any atom is 0.0120 e. The van der Waals surface area contributed by atoms with E-state index in [4.69, 9.17) is 0 Å². The van der Waals surface area contributed by atoms with Crippen LogP contribution in [-0.2, 0) is 0 Å². The van der Waals surface area contributed by atoms with Gasteiger partial charge in [0.15, 0.2) is 0 Å². The van der Waals surface area contributed by atoms with Crippen LogP contribution in [0.25, 0.3) is 0 Å². The van der Waals surface area contributed by atoms with Crippen LogP contribution in [0.3, 0.4) is 0 Å². The van der Waals surface area contributed by atoms with Gasteiger partial charge in [0.25, 0.3) is 0 Å². The first-order valence-electron chi connectivity index (χ1n) is 8.31. The van der Waals surface area contributed by atoms with Crippen molar-refractivity contribution < 1.29 is 0 Å². The van der Waals surface area contributed by atoms with E-state index >= 15 is 0 Å². The van der Waals surface area contributed by atoms with Gasteiger partial charge in [-0.1, -0.05) is 0 Å². The van der Waals surface area contributed by atoms with Gasteiger partial charge in [-0.15, -0.1) is 0 Å². The fraction of sp³-hybridized carbons (Fsp3) is 1.00. The summed E-state index contributed by atoms with van der Waals surface area (Å²) >= 11 is 0. The molecule has 4 heteroatoms. The maximum absolute atomic E-state index is 3.47. The Balaban J connectivity index is 1.34. The summed E-state index contributed by atoms with van der Waals surface area (Å²) < 4.78 is 0. The Labute approximate surface area is 118 Å². The molecule has 3 fully saturated rings. The van der Waals surface area contributed by atoms with Crippen LogP contribution in [0, 0.1) is 0 Å². The first-order chi connectivity index (χ1) is 9.42. The molecule has 0 atom stereocenters. The van der Waals surface area contributed by atoms with E-state index in [1.54, 1.807) is 0 Å². The fourth-order valence-corrected chi connectivity index (χ4v) is 3.81. The zero-order chi connectivity index (χ0) is 12.9. The zero-order valence-corrected chi connectivity index (χ0v) is 12.3. The van der Waals surface area contributed by atoms with Gasteiger partial charge in [-0.2, -0.15) is 0 Å². The van der Waals surface area contributed by atoms with Gasteiger partial charge >= 0.3 is 0 Å². The Morgan fingerprint density at radius 2 is 1.32 bits per heavy atom. The van der Waals surface area contributed by atoms with Crippen LogP contribution in [0.2, 0.25) is 0 Å². The molecule has 0 radical (unpaired) electrons. The first-order valence-corrected chi connectivity index (χ1v) is 8.31. The fourth-order valence-electron chi connectivity index (χ4n) is 3.81. The molecule has 4 nitrogen and oxygen atoms in total. The molecule has 3 aliphatic heterocycles. The summed E-state index contributed by atoms with van der Waals surface area (Å²) in [4.78, 5) is 8.06. The molecule has 0 spiro atoms. The van der Waals surface area contributed by atoms with Crippen LogP contribution in [0.15, 0.2) is 0 Å². The lowest BCUT2D eigenvalue weighted by molar-refractivity contribution is 0.0773. The molecule has 19 heavy (non-hydrogen) atoms. The number of rotatable bonds is 4. The third-order valence-corrected chi connectivity index (χ3v) is 5.16. The lowest BCUT2D eigenvalue weighted by Gasteiger charge is -2.41. The number of piperazine rings is 1. The average Bonchev–Trinajstić information content (AvgIpc) is 3.00. The molecule has 0 aliphatic carbocycles. The largest absolute Gasteiger partial charge is 0.317 e. The third-order valence-electron chi connectivity index (χ3n) is 5.16. The summed E-state index contributed by atoms with van der Waals surface area (Å²) in [7, 11) is 0. The summed E-state index contributed by atoms with van der Waals surface area (Å²) in [6.07, 6.45) is 5.55. The van der Waals surface area contributed by atoms with Gasteiger partial charge in [0, 0.05) is 45.3 Å². The van der Waals surface area contributed by atoms with Crippen LogP contribution >= 0.6 is 0 Å². The van der Waals surface area contributed by atoms with E-state index < -0.39 is 0 Å². The quantitative estimate of drug-likeness (QED) is 0.797. The third kappa shape index (κ3) is 3.91. The molecule has 110 valence electrons. The van der Waals surface area contributed by atoms with E-state index in [-0.39, 0.29) is 0 Å². The van der Waals surface area contributed by atoms with Crippen molar-refractivity contribution in [2.24, 2.45) is 0 Å². The SMILES string of the molecule is C1CCN(CCN2CCN(C3CCNCC3)CC2)C1. The summed E-state index contributed by atoms with van der Waals surface area (Å²) in [5, 5.41) is 3.47. The highest BCUT2D eigenvalue weighted by molar-refractivity contribution is 4.82. The monoisotopic (exact) mass is 266 g/mol.